The van der Waals surface area contributed by atoms with E-state index < -0.39 is 23.4 Å². The van der Waals surface area contributed by atoms with Crippen LogP contribution in [0.1, 0.15) is 12.5 Å². The molecule has 9 nitrogen and oxygen atoms in total. The van der Waals surface area contributed by atoms with E-state index in [0.717, 1.165) is 12.1 Å². The molecule has 2 heterocycles. The average molecular weight is 380 g/mol. The molecule has 0 atom stereocenters. The van der Waals surface area contributed by atoms with Crippen LogP contribution in [-0.2, 0) is 11.0 Å². The second kappa shape index (κ2) is 6.90. The largest absolute Gasteiger partial charge is 0.439 e. The van der Waals surface area contributed by atoms with Crippen molar-refractivity contribution in [2.75, 3.05) is 10.6 Å². The molecule has 0 aliphatic heterocycles. The van der Waals surface area contributed by atoms with Crippen LogP contribution in [0.3, 0.4) is 0 Å². The first-order chi connectivity index (χ1) is 12.7. The molecule has 0 saturated carbocycles. The monoisotopic (exact) mass is 380 g/mol. The molecule has 27 heavy (non-hydrogen) atoms. The highest BCUT2D eigenvalue weighted by molar-refractivity contribution is 5.88. The number of H-pyrrole nitrogens is 1. The maximum absolute atomic E-state index is 12.7. The molecule has 1 aromatic carbocycles. The number of hydrogen-bond acceptors (Lipinski definition) is 7. The van der Waals surface area contributed by atoms with Crippen molar-refractivity contribution in [1.82, 2.24) is 20.1 Å². The summed E-state index contributed by atoms with van der Waals surface area (Å²) in [4.78, 5) is 32.9. The molecule has 0 spiro atoms. The second-order valence-electron chi connectivity index (χ2n) is 5.28. The molecule has 3 aromatic rings. The Kier molecular flexibility index (Phi) is 4.62. The Hall–Kier alpha value is -3.70. The number of halogens is 3. The molecule has 0 bridgehead atoms. The van der Waals surface area contributed by atoms with Crippen LogP contribution in [0.2, 0.25) is 0 Å². The molecule has 12 heteroatoms. The minimum atomic E-state index is -4.45. The van der Waals surface area contributed by atoms with Gasteiger partial charge in [0.2, 0.25) is 11.7 Å². The quantitative estimate of drug-likeness (QED) is 0.635. The summed E-state index contributed by atoms with van der Waals surface area (Å²) in [6.45, 7) is 1.27. The van der Waals surface area contributed by atoms with Gasteiger partial charge in [0.25, 0.3) is 0 Å². The first kappa shape index (κ1) is 18.1. The number of aromatic amines is 1. The van der Waals surface area contributed by atoms with E-state index in [-0.39, 0.29) is 28.8 Å². The summed E-state index contributed by atoms with van der Waals surface area (Å²) >= 11 is 0. The lowest BCUT2D eigenvalue weighted by molar-refractivity contribution is -0.137. The lowest BCUT2D eigenvalue weighted by Crippen LogP contribution is -2.10. The Morgan fingerprint density at radius 2 is 1.93 bits per heavy atom. The summed E-state index contributed by atoms with van der Waals surface area (Å²) < 4.78 is 42.4. The van der Waals surface area contributed by atoms with Gasteiger partial charge in [0.1, 0.15) is 0 Å². The molecular weight excluding hydrogens is 369 g/mol. The number of carbonyl (C=O) groups is 1. The predicted molar refractivity (Wildman–Crippen MR) is 87.2 cm³/mol. The maximum Gasteiger partial charge on any atom is 0.439 e. The number of rotatable bonds is 4. The molecular formula is C15H11F3N6O3. The van der Waals surface area contributed by atoms with Gasteiger partial charge in [-0.2, -0.15) is 13.2 Å². The van der Waals surface area contributed by atoms with E-state index in [4.69, 9.17) is 0 Å². The molecule has 3 N–H and O–H groups in total. The highest BCUT2D eigenvalue weighted by atomic mass is 19.4. The van der Waals surface area contributed by atoms with E-state index in [0.29, 0.717) is 0 Å². The summed E-state index contributed by atoms with van der Waals surface area (Å²) in [5.74, 6) is -1.15. The van der Waals surface area contributed by atoms with E-state index in [1.807, 2.05) is 0 Å². The van der Waals surface area contributed by atoms with E-state index >= 15 is 0 Å². The molecule has 0 aliphatic rings. The standard InChI is InChI=1S/C15H11F3N6O3/c1-7(25)20-10-6-19-12(11(22-10)13-23-14(26)27-24-13)21-9-4-2-8(3-5-9)15(16,17)18/h2-6H,1H3,(H,19,21)(H,20,22,25)(H,23,24,26). The zero-order chi connectivity index (χ0) is 19.6. The van der Waals surface area contributed by atoms with Gasteiger partial charge >= 0.3 is 11.9 Å². The normalized spacial score (nSPS) is 11.3. The minimum absolute atomic E-state index is 0.0204. The van der Waals surface area contributed by atoms with Crippen LogP contribution in [-0.4, -0.2) is 26.0 Å². The third-order valence-electron chi connectivity index (χ3n) is 3.22. The Bertz CT molecular complexity index is 1030. The van der Waals surface area contributed by atoms with E-state index in [2.05, 4.69) is 35.3 Å². The van der Waals surface area contributed by atoms with Crippen molar-refractivity contribution in [2.45, 2.75) is 13.1 Å². The second-order valence-corrected chi connectivity index (χ2v) is 5.28. The molecule has 0 fully saturated rings. The van der Waals surface area contributed by atoms with Crippen LogP contribution in [0.4, 0.5) is 30.5 Å². The summed E-state index contributed by atoms with van der Waals surface area (Å²) in [7, 11) is 0. The fraction of sp³-hybridized carbons (Fsp3) is 0.133. The Labute approximate surface area is 148 Å². The van der Waals surface area contributed by atoms with Crippen molar-refractivity contribution in [3.63, 3.8) is 0 Å². The van der Waals surface area contributed by atoms with Gasteiger partial charge in [-0.25, -0.2) is 14.8 Å². The smallest absolute Gasteiger partial charge is 0.338 e. The van der Waals surface area contributed by atoms with E-state index in [1.165, 1.54) is 25.3 Å². The Balaban J connectivity index is 1.96. The highest BCUT2D eigenvalue weighted by Gasteiger charge is 2.30. The molecule has 140 valence electrons. The summed E-state index contributed by atoms with van der Waals surface area (Å²) in [5.41, 5.74) is -0.495. The van der Waals surface area contributed by atoms with Gasteiger partial charge in [-0.05, 0) is 24.3 Å². The molecule has 0 radical (unpaired) electrons. The number of aromatic nitrogens is 4. The fourth-order valence-electron chi connectivity index (χ4n) is 2.10. The van der Waals surface area contributed by atoms with E-state index in [1.54, 1.807) is 0 Å². The average Bonchev–Trinajstić information content (AvgIpc) is 3.02. The van der Waals surface area contributed by atoms with Crippen LogP contribution in [0.15, 0.2) is 39.8 Å². The van der Waals surface area contributed by atoms with Gasteiger partial charge in [0.05, 0.1) is 11.8 Å². The van der Waals surface area contributed by atoms with Crippen LogP contribution in [0.5, 0.6) is 0 Å². The van der Waals surface area contributed by atoms with Gasteiger partial charge in [0, 0.05) is 12.6 Å². The lowest BCUT2D eigenvalue weighted by atomic mass is 10.2. The van der Waals surface area contributed by atoms with Crippen molar-refractivity contribution in [2.24, 2.45) is 0 Å². The van der Waals surface area contributed by atoms with Crippen LogP contribution >= 0.6 is 0 Å². The number of carbonyl (C=O) groups excluding carboxylic acids is 1. The fourth-order valence-corrected chi connectivity index (χ4v) is 2.10. The maximum atomic E-state index is 12.7. The number of amides is 1. The summed E-state index contributed by atoms with van der Waals surface area (Å²) in [6, 6.07) is 4.22. The lowest BCUT2D eigenvalue weighted by Gasteiger charge is -2.11. The SMILES string of the molecule is CC(=O)Nc1cnc(Nc2ccc(C(F)(F)F)cc2)c(-c2noc(=O)[nH]2)n1. The zero-order valence-electron chi connectivity index (χ0n) is 13.6. The van der Waals surface area contributed by atoms with E-state index in [9.17, 15) is 22.8 Å². The topological polar surface area (TPSA) is 126 Å². The van der Waals surface area contributed by atoms with Crippen molar-refractivity contribution in [3.8, 4) is 11.5 Å². The molecule has 0 unspecified atom stereocenters. The molecule has 1 amide bonds. The molecule has 3 rings (SSSR count). The van der Waals surface area contributed by atoms with Gasteiger partial charge < -0.3 is 10.6 Å². The summed E-state index contributed by atoms with van der Waals surface area (Å²) in [6.07, 6.45) is -3.22. The van der Waals surface area contributed by atoms with Crippen LogP contribution in [0.25, 0.3) is 11.5 Å². The van der Waals surface area contributed by atoms with Gasteiger partial charge in [-0.3, -0.25) is 14.3 Å². The highest BCUT2D eigenvalue weighted by Crippen LogP contribution is 2.31. The third kappa shape index (κ3) is 4.29. The predicted octanol–water partition coefficient (Wildman–Crippen LogP) is 2.54. The van der Waals surface area contributed by atoms with Crippen molar-refractivity contribution in [3.05, 3.63) is 46.6 Å². The van der Waals surface area contributed by atoms with Crippen molar-refractivity contribution >= 4 is 23.2 Å². The number of nitrogens with zero attached hydrogens (tertiary/aromatic N) is 3. The number of nitrogens with one attached hydrogen (secondary N) is 3. The molecule has 0 saturated heterocycles. The van der Waals surface area contributed by atoms with Crippen LogP contribution < -0.4 is 16.4 Å². The first-order valence-corrected chi connectivity index (χ1v) is 7.37. The molecule has 2 aromatic heterocycles. The minimum Gasteiger partial charge on any atom is -0.338 e. The number of anilines is 3. The third-order valence-corrected chi connectivity index (χ3v) is 3.22. The van der Waals surface area contributed by atoms with Crippen LogP contribution in [0, 0.1) is 0 Å². The number of hydrogen-bond donors (Lipinski definition) is 3. The molecule has 0 aliphatic carbocycles. The first-order valence-electron chi connectivity index (χ1n) is 7.37. The van der Waals surface area contributed by atoms with Gasteiger partial charge in [-0.1, -0.05) is 5.16 Å². The number of benzene rings is 1. The Morgan fingerprint density at radius 1 is 1.22 bits per heavy atom. The Morgan fingerprint density at radius 3 is 2.48 bits per heavy atom. The summed E-state index contributed by atoms with van der Waals surface area (Å²) in [5, 5.41) is 8.71. The number of alkyl halides is 3. The van der Waals surface area contributed by atoms with Crippen molar-refractivity contribution in [1.29, 1.82) is 0 Å². The zero-order valence-corrected chi connectivity index (χ0v) is 13.6. The van der Waals surface area contributed by atoms with Crippen molar-refractivity contribution < 1.29 is 22.5 Å². The van der Waals surface area contributed by atoms with Gasteiger partial charge in [-0.15, -0.1) is 0 Å². The van der Waals surface area contributed by atoms with Gasteiger partial charge in [0.15, 0.2) is 17.3 Å².